The van der Waals surface area contributed by atoms with Gasteiger partial charge in [0.1, 0.15) is 11.3 Å². The lowest BCUT2D eigenvalue weighted by Crippen LogP contribution is -1.89. The monoisotopic (exact) mass is 208 g/mol. The SMILES string of the molecule is Oc1ccc(-c2c(O)nn(O)c2O)cc1. The minimum atomic E-state index is -0.557. The van der Waals surface area contributed by atoms with Crippen molar-refractivity contribution in [3.63, 3.8) is 0 Å². The number of rotatable bonds is 1. The Morgan fingerprint density at radius 3 is 2.07 bits per heavy atom. The van der Waals surface area contributed by atoms with Gasteiger partial charge in [-0.1, -0.05) is 22.1 Å². The molecule has 0 atom stereocenters. The average molecular weight is 208 g/mol. The van der Waals surface area contributed by atoms with Crippen molar-refractivity contribution in [3.8, 4) is 28.6 Å². The minimum absolute atomic E-state index is 0.0116. The lowest BCUT2D eigenvalue weighted by molar-refractivity contribution is 0.118. The van der Waals surface area contributed by atoms with Crippen LogP contribution in [0.2, 0.25) is 0 Å². The van der Waals surface area contributed by atoms with E-state index in [0.717, 1.165) is 0 Å². The lowest BCUT2D eigenvalue weighted by Gasteiger charge is -1.99. The summed E-state index contributed by atoms with van der Waals surface area (Å²) in [6.45, 7) is 0. The minimum Gasteiger partial charge on any atom is -0.508 e. The Kier molecular flexibility index (Phi) is 1.89. The molecule has 0 radical (unpaired) electrons. The molecule has 2 aromatic rings. The first-order valence-electron chi connectivity index (χ1n) is 4.09. The predicted octanol–water partition coefficient (Wildman–Crippen LogP) is 0.904. The molecular weight excluding hydrogens is 200 g/mol. The molecule has 0 fully saturated rings. The molecule has 0 aliphatic rings. The summed E-state index contributed by atoms with van der Waals surface area (Å²) >= 11 is 0. The van der Waals surface area contributed by atoms with Crippen molar-refractivity contribution in [1.29, 1.82) is 0 Å². The van der Waals surface area contributed by atoms with Crippen molar-refractivity contribution in [2.45, 2.75) is 0 Å². The molecule has 1 aromatic heterocycles. The number of phenols is 1. The summed E-state index contributed by atoms with van der Waals surface area (Å²) in [6, 6.07) is 5.74. The van der Waals surface area contributed by atoms with Crippen LogP contribution < -0.4 is 0 Å². The summed E-state index contributed by atoms with van der Waals surface area (Å²) in [6.07, 6.45) is 0. The summed E-state index contributed by atoms with van der Waals surface area (Å²) in [5, 5.41) is 39.9. The summed E-state index contributed by atoms with van der Waals surface area (Å²) in [5.41, 5.74) is 0.445. The fourth-order valence-electron chi connectivity index (χ4n) is 1.27. The van der Waals surface area contributed by atoms with E-state index in [2.05, 4.69) is 5.10 Å². The van der Waals surface area contributed by atoms with Gasteiger partial charge in [0.25, 0.3) is 5.88 Å². The molecule has 0 saturated heterocycles. The van der Waals surface area contributed by atoms with Crippen LogP contribution in [0, 0.1) is 0 Å². The molecule has 0 unspecified atom stereocenters. The van der Waals surface area contributed by atoms with Crippen LogP contribution >= 0.6 is 0 Å². The van der Waals surface area contributed by atoms with Gasteiger partial charge in [-0.15, -0.1) is 0 Å². The van der Waals surface area contributed by atoms with Crippen LogP contribution in [-0.2, 0) is 0 Å². The zero-order valence-corrected chi connectivity index (χ0v) is 7.49. The fraction of sp³-hybridized carbons (Fsp3) is 0. The van der Waals surface area contributed by atoms with Crippen molar-refractivity contribution in [2.75, 3.05) is 0 Å². The Labute approximate surface area is 84.2 Å². The Balaban J connectivity index is 2.58. The van der Waals surface area contributed by atoms with Gasteiger partial charge in [0, 0.05) is 0 Å². The van der Waals surface area contributed by atoms with Crippen molar-refractivity contribution in [1.82, 2.24) is 9.94 Å². The average Bonchev–Trinajstić information content (AvgIpc) is 2.44. The van der Waals surface area contributed by atoms with Crippen LogP contribution in [0.1, 0.15) is 0 Å². The van der Waals surface area contributed by atoms with Gasteiger partial charge < -0.3 is 20.5 Å². The molecule has 1 heterocycles. The first-order valence-corrected chi connectivity index (χ1v) is 4.09. The zero-order valence-electron chi connectivity index (χ0n) is 7.49. The van der Waals surface area contributed by atoms with Gasteiger partial charge >= 0.3 is 0 Å². The highest BCUT2D eigenvalue weighted by atomic mass is 16.5. The highest BCUT2D eigenvalue weighted by molar-refractivity contribution is 5.73. The van der Waals surface area contributed by atoms with Crippen LogP contribution in [-0.4, -0.2) is 30.5 Å². The quantitative estimate of drug-likeness (QED) is 0.522. The van der Waals surface area contributed by atoms with E-state index in [1.807, 2.05) is 0 Å². The molecule has 4 N–H and O–H groups in total. The Hall–Kier alpha value is -2.37. The van der Waals surface area contributed by atoms with E-state index >= 15 is 0 Å². The van der Waals surface area contributed by atoms with Crippen LogP contribution in [0.15, 0.2) is 24.3 Å². The second-order valence-electron chi connectivity index (χ2n) is 2.96. The van der Waals surface area contributed by atoms with E-state index in [4.69, 9.17) is 10.3 Å². The molecule has 0 bridgehead atoms. The highest BCUT2D eigenvalue weighted by Gasteiger charge is 2.17. The van der Waals surface area contributed by atoms with Gasteiger partial charge in [-0.2, -0.15) is 0 Å². The summed E-state index contributed by atoms with van der Waals surface area (Å²) in [7, 11) is 0. The normalized spacial score (nSPS) is 10.4. The zero-order chi connectivity index (χ0) is 11.0. The smallest absolute Gasteiger partial charge is 0.259 e. The third kappa shape index (κ3) is 1.41. The summed E-state index contributed by atoms with van der Waals surface area (Å²) in [4.78, 5) is 0.178. The highest BCUT2D eigenvalue weighted by Crippen LogP contribution is 2.36. The maximum atomic E-state index is 9.37. The molecule has 0 amide bonds. The lowest BCUT2D eigenvalue weighted by atomic mass is 10.1. The van der Waals surface area contributed by atoms with Crippen LogP contribution in [0.5, 0.6) is 17.5 Å². The number of benzene rings is 1. The number of aromatic nitrogens is 2. The topological polar surface area (TPSA) is 98.7 Å². The van der Waals surface area contributed by atoms with E-state index < -0.39 is 11.8 Å². The number of phenolic OH excluding ortho intramolecular Hbond substituents is 1. The standard InChI is InChI=1S/C9H8N2O4/c12-6-3-1-5(2-4-6)7-8(13)10-11(15)9(7)14/h1-4,12,14-15H,(H,10,13). The summed E-state index contributed by atoms with van der Waals surface area (Å²) in [5.74, 6) is -0.979. The first-order chi connectivity index (χ1) is 7.09. The maximum Gasteiger partial charge on any atom is 0.259 e. The molecule has 6 nitrogen and oxygen atoms in total. The van der Waals surface area contributed by atoms with E-state index in [1.54, 1.807) is 0 Å². The van der Waals surface area contributed by atoms with Crippen molar-refractivity contribution in [3.05, 3.63) is 24.3 Å². The van der Waals surface area contributed by atoms with Crippen LogP contribution in [0.4, 0.5) is 0 Å². The second kappa shape index (κ2) is 3.09. The Morgan fingerprint density at radius 2 is 1.60 bits per heavy atom. The van der Waals surface area contributed by atoms with Crippen molar-refractivity contribution >= 4 is 0 Å². The number of hydrogen-bond donors (Lipinski definition) is 4. The molecule has 78 valence electrons. The van der Waals surface area contributed by atoms with Crippen molar-refractivity contribution < 1.29 is 20.5 Å². The largest absolute Gasteiger partial charge is 0.508 e. The van der Waals surface area contributed by atoms with Gasteiger partial charge in [0.15, 0.2) is 0 Å². The fourth-order valence-corrected chi connectivity index (χ4v) is 1.27. The molecule has 2 rings (SSSR count). The predicted molar refractivity (Wildman–Crippen MR) is 49.8 cm³/mol. The third-order valence-electron chi connectivity index (χ3n) is 1.98. The summed E-state index contributed by atoms with van der Waals surface area (Å²) < 4.78 is 0. The Morgan fingerprint density at radius 1 is 1.00 bits per heavy atom. The molecule has 0 saturated carbocycles. The van der Waals surface area contributed by atoms with E-state index in [-0.39, 0.29) is 16.2 Å². The molecule has 0 aliphatic carbocycles. The van der Waals surface area contributed by atoms with Gasteiger partial charge in [-0.05, 0) is 17.7 Å². The maximum absolute atomic E-state index is 9.37. The van der Waals surface area contributed by atoms with Crippen LogP contribution in [0.25, 0.3) is 11.1 Å². The first kappa shape index (κ1) is 9.20. The Bertz CT molecular complexity index is 490. The van der Waals surface area contributed by atoms with Crippen LogP contribution in [0.3, 0.4) is 0 Å². The van der Waals surface area contributed by atoms with Gasteiger partial charge in [0.2, 0.25) is 5.88 Å². The van der Waals surface area contributed by atoms with E-state index in [9.17, 15) is 10.2 Å². The van der Waals surface area contributed by atoms with E-state index in [1.165, 1.54) is 24.3 Å². The molecule has 1 aromatic carbocycles. The van der Waals surface area contributed by atoms with Gasteiger partial charge in [0.05, 0.1) is 0 Å². The van der Waals surface area contributed by atoms with Gasteiger partial charge in [-0.3, -0.25) is 0 Å². The van der Waals surface area contributed by atoms with E-state index in [0.29, 0.717) is 5.56 Å². The number of hydrogen-bond acceptors (Lipinski definition) is 5. The van der Waals surface area contributed by atoms with Gasteiger partial charge in [-0.25, -0.2) is 0 Å². The second-order valence-corrected chi connectivity index (χ2v) is 2.96. The number of aromatic hydroxyl groups is 3. The molecule has 0 aliphatic heterocycles. The third-order valence-corrected chi connectivity index (χ3v) is 1.98. The molecule has 6 heteroatoms. The molecule has 0 spiro atoms. The molecular formula is C9H8N2O4. The number of nitrogens with zero attached hydrogens (tertiary/aromatic N) is 2. The van der Waals surface area contributed by atoms with Crippen molar-refractivity contribution in [2.24, 2.45) is 0 Å². The molecule has 15 heavy (non-hydrogen) atoms.